The standard InChI is InChI=1S/C22H40O3/c1-18(2)8-5-9-19(3)10-6-11-20(4)12-7-14-22(17-23)15-13-21(24)16-25-22/h17-20H,5-16H2,1-4H3. The highest BCUT2D eigenvalue weighted by atomic mass is 16.5. The minimum atomic E-state index is -0.682. The molecule has 1 rings (SSSR count). The third kappa shape index (κ3) is 9.53. The van der Waals surface area contributed by atoms with Crippen LogP contribution in [0.3, 0.4) is 0 Å². The van der Waals surface area contributed by atoms with E-state index in [1.54, 1.807) is 0 Å². The van der Waals surface area contributed by atoms with Crippen molar-refractivity contribution in [3.05, 3.63) is 0 Å². The molecular weight excluding hydrogens is 312 g/mol. The Morgan fingerprint density at radius 2 is 1.52 bits per heavy atom. The van der Waals surface area contributed by atoms with E-state index in [1.807, 2.05) is 0 Å². The van der Waals surface area contributed by atoms with E-state index in [1.165, 1.54) is 38.5 Å². The Kier molecular flexibility index (Phi) is 10.6. The molecule has 0 aliphatic carbocycles. The van der Waals surface area contributed by atoms with Gasteiger partial charge in [0.15, 0.2) is 12.1 Å². The normalized spacial score (nSPS) is 23.6. The van der Waals surface area contributed by atoms with Gasteiger partial charge in [0.25, 0.3) is 0 Å². The highest BCUT2D eigenvalue weighted by Gasteiger charge is 2.35. The van der Waals surface area contributed by atoms with Gasteiger partial charge in [-0.1, -0.05) is 72.6 Å². The van der Waals surface area contributed by atoms with Crippen molar-refractivity contribution in [2.75, 3.05) is 6.61 Å². The minimum absolute atomic E-state index is 0.114. The Hall–Kier alpha value is -0.700. The van der Waals surface area contributed by atoms with E-state index in [-0.39, 0.29) is 12.4 Å². The monoisotopic (exact) mass is 352 g/mol. The minimum Gasteiger partial charge on any atom is -0.360 e. The maximum absolute atomic E-state index is 11.4. The number of hydrogen-bond acceptors (Lipinski definition) is 3. The second-order valence-electron chi connectivity index (χ2n) is 8.87. The van der Waals surface area contributed by atoms with Gasteiger partial charge in [0.2, 0.25) is 0 Å². The van der Waals surface area contributed by atoms with Crippen LogP contribution >= 0.6 is 0 Å². The van der Waals surface area contributed by atoms with Crippen LogP contribution in [0, 0.1) is 17.8 Å². The molecule has 0 aromatic heterocycles. The molecule has 1 aliphatic heterocycles. The van der Waals surface area contributed by atoms with Gasteiger partial charge in [-0.05, 0) is 37.0 Å². The van der Waals surface area contributed by atoms with Crippen LogP contribution in [0.25, 0.3) is 0 Å². The average Bonchev–Trinajstić information content (AvgIpc) is 2.56. The molecule has 0 bridgehead atoms. The quantitative estimate of drug-likeness (QED) is 0.397. The molecule has 25 heavy (non-hydrogen) atoms. The van der Waals surface area contributed by atoms with E-state index in [0.29, 0.717) is 18.8 Å². The first kappa shape index (κ1) is 22.3. The summed E-state index contributed by atoms with van der Waals surface area (Å²) in [6.45, 7) is 9.43. The van der Waals surface area contributed by atoms with Crippen LogP contribution in [0.2, 0.25) is 0 Å². The van der Waals surface area contributed by atoms with Crippen LogP contribution in [-0.2, 0) is 14.3 Å². The van der Waals surface area contributed by atoms with Crippen LogP contribution in [-0.4, -0.2) is 24.3 Å². The summed E-state index contributed by atoms with van der Waals surface area (Å²) in [7, 11) is 0. The van der Waals surface area contributed by atoms with Gasteiger partial charge in [-0.2, -0.15) is 0 Å². The predicted molar refractivity (Wildman–Crippen MR) is 104 cm³/mol. The van der Waals surface area contributed by atoms with Crippen molar-refractivity contribution < 1.29 is 14.3 Å². The summed E-state index contributed by atoms with van der Waals surface area (Å²) in [4.78, 5) is 22.7. The lowest BCUT2D eigenvalue weighted by Crippen LogP contribution is -2.41. The second kappa shape index (κ2) is 11.8. The molecule has 3 heteroatoms. The Balaban J connectivity index is 2.11. The molecule has 0 aromatic carbocycles. The summed E-state index contributed by atoms with van der Waals surface area (Å²) in [5, 5.41) is 0. The molecule has 0 amide bonds. The average molecular weight is 353 g/mol. The number of Topliss-reactive ketones (excluding diaryl/α,β-unsaturated/α-hetero) is 1. The van der Waals surface area contributed by atoms with Gasteiger partial charge in [-0.3, -0.25) is 4.79 Å². The predicted octanol–water partition coefficient (Wildman–Crippen LogP) is 5.74. The van der Waals surface area contributed by atoms with Gasteiger partial charge in [0.1, 0.15) is 12.2 Å². The summed E-state index contributed by atoms with van der Waals surface area (Å²) in [5.74, 6) is 2.50. The van der Waals surface area contributed by atoms with E-state index >= 15 is 0 Å². The number of ketones is 1. The zero-order valence-corrected chi connectivity index (χ0v) is 17.0. The molecule has 1 saturated heterocycles. The molecule has 0 radical (unpaired) electrons. The molecule has 0 spiro atoms. The fourth-order valence-corrected chi connectivity index (χ4v) is 3.80. The number of carbonyl (C=O) groups is 2. The van der Waals surface area contributed by atoms with Crippen LogP contribution in [0.15, 0.2) is 0 Å². The molecule has 0 saturated carbocycles. The van der Waals surface area contributed by atoms with Gasteiger partial charge >= 0.3 is 0 Å². The molecule has 0 N–H and O–H groups in total. The Morgan fingerprint density at radius 3 is 2.00 bits per heavy atom. The fraction of sp³-hybridized carbons (Fsp3) is 0.909. The number of rotatable bonds is 13. The van der Waals surface area contributed by atoms with Crippen molar-refractivity contribution in [3.63, 3.8) is 0 Å². The number of aldehydes is 1. The van der Waals surface area contributed by atoms with Crippen LogP contribution in [0.5, 0.6) is 0 Å². The molecule has 0 aromatic rings. The highest BCUT2D eigenvalue weighted by Crippen LogP contribution is 2.29. The lowest BCUT2D eigenvalue weighted by molar-refractivity contribution is -0.150. The fourth-order valence-electron chi connectivity index (χ4n) is 3.80. The third-order valence-corrected chi connectivity index (χ3v) is 5.73. The third-order valence-electron chi connectivity index (χ3n) is 5.73. The largest absolute Gasteiger partial charge is 0.360 e. The molecule has 1 fully saturated rings. The van der Waals surface area contributed by atoms with E-state index in [0.717, 1.165) is 37.4 Å². The molecule has 3 atom stereocenters. The van der Waals surface area contributed by atoms with Crippen molar-refractivity contribution in [2.24, 2.45) is 17.8 Å². The summed E-state index contributed by atoms with van der Waals surface area (Å²) < 4.78 is 5.56. The van der Waals surface area contributed by atoms with Crippen LogP contribution < -0.4 is 0 Å². The Bertz CT molecular complexity index is 379. The number of ether oxygens (including phenoxy) is 1. The van der Waals surface area contributed by atoms with E-state index in [9.17, 15) is 9.59 Å². The first-order valence-corrected chi connectivity index (χ1v) is 10.5. The van der Waals surface area contributed by atoms with Gasteiger partial charge in [0.05, 0.1) is 0 Å². The van der Waals surface area contributed by atoms with Gasteiger partial charge < -0.3 is 9.53 Å². The summed E-state index contributed by atoms with van der Waals surface area (Å²) in [6.07, 6.45) is 12.9. The van der Waals surface area contributed by atoms with Gasteiger partial charge in [0, 0.05) is 6.42 Å². The van der Waals surface area contributed by atoms with E-state index in [2.05, 4.69) is 27.7 Å². The van der Waals surface area contributed by atoms with E-state index in [4.69, 9.17) is 4.74 Å². The number of carbonyl (C=O) groups excluding carboxylic acids is 2. The second-order valence-corrected chi connectivity index (χ2v) is 8.87. The maximum Gasteiger partial charge on any atom is 0.158 e. The molecular formula is C22H40O3. The Morgan fingerprint density at radius 1 is 0.960 bits per heavy atom. The highest BCUT2D eigenvalue weighted by molar-refractivity contribution is 5.82. The molecule has 3 nitrogen and oxygen atoms in total. The first-order valence-electron chi connectivity index (χ1n) is 10.5. The molecule has 3 unspecified atom stereocenters. The zero-order valence-electron chi connectivity index (χ0n) is 17.0. The number of hydrogen-bond donors (Lipinski definition) is 0. The molecule has 1 aliphatic rings. The van der Waals surface area contributed by atoms with Crippen molar-refractivity contribution in [1.29, 1.82) is 0 Å². The SMILES string of the molecule is CC(C)CCCC(C)CCCC(C)CCCC1(C=O)CCC(=O)CO1. The first-order chi connectivity index (χ1) is 11.9. The van der Waals surface area contributed by atoms with Crippen molar-refractivity contribution >= 4 is 12.1 Å². The topological polar surface area (TPSA) is 43.4 Å². The summed E-state index contributed by atoms with van der Waals surface area (Å²) in [5.41, 5.74) is -0.682. The van der Waals surface area contributed by atoms with Crippen molar-refractivity contribution in [3.8, 4) is 0 Å². The van der Waals surface area contributed by atoms with E-state index < -0.39 is 5.60 Å². The van der Waals surface area contributed by atoms with Gasteiger partial charge in [-0.25, -0.2) is 0 Å². The summed E-state index contributed by atoms with van der Waals surface area (Å²) >= 11 is 0. The lowest BCUT2D eigenvalue weighted by Gasteiger charge is -2.32. The molecule has 146 valence electrons. The van der Waals surface area contributed by atoms with Crippen LogP contribution in [0.4, 0.5) is 0 Å². The summed E-state index contributed by atoms with van der Waals surface area (Å²) in [6, 6.07) is 0. The smallest absolute Gasteiger partial charge is 0.158 e. The molecule has 1 heterocycles. The lowest BCUT2D eigenvalue weighted by atomic mass is 9.87. The Labute approximate surface area is 155 Å². The van der Waals surface area contributed by atoms with Gasteiger partial charge in [-0.15, -0.1) is 0 Å². The zero-order chi connectivity index (χ0) is 18.7. The van der Waals surface area contributed by atoms with Crippen molar-refractivity contribution in [2.45, 2.75) is 104 Å². The maximum atomic E-state index is 11.4. The van der Waals surface area contributed by atoms with Crippen LogP contribution in [0.1, 0.15) is 98.3 Å². The van der Waals surface area contributed by atoms with Crippen molar-refractivity contribution in [1.82, 2.24) is 0 Å².